The Balaban J connectivity index is 1.56. The molecular formula is C24H34N8O5. The second-order valence-electron chi connectivity index (χ2n) is 8.49. The number of aliphatic hydroxyl groups excluding tert-OH is 1. The number of aromatic nitrogens is 1. The summed E-state index contributed by atoms with van der Waals surface area (Å²) in [5.41, 5.74) is 18.0. The van der Waals surface area contributed by atoms with Crippen LogP contribution in [-0.4, -0.2) is 65.6 Å². The van der Waals surface area contributed by atoms with Gasteiger partial charge in [-0.05, 0) is 56.5 Å². The number of amides is 2. The van der Waals surface area contributed by atoms with Crippen molar-refractivity contribution in [3.05, 3.63) is 36.4 Å². The summed E-state index contributed by atoms with van der Waals surface area (Å²) in [6.07, 6.45) is 3.10. The molecule has 8 N–H and O–H groups in total. The number of aliphatic hydroxyl groups is 1. The molecule has 0 radical (unpaired) electrons. The van der Waals surface area contributed by atoms with Gasteiger partial charge >= 0.3 is 6.09 Å². The second-order valence-corrected chi connectivity index (χ2v) is 8.49. The summed E-state index contributed by atoms with van der Waals surface area (Å²) in [6.45, 7) is 0.658. The molecule has 37 heavy (non-hydrogen) atoms. The first-order valence-corrected chi connectivity index (χ1v) is 12.1. The van der Waals surface area contributed by atoms with Gasteiger partial charge in [0.25, 0.3) is 0 Å². The van der Waals surface area contributed by atoms with Crippen LogP contribution in [0.25, 0.3) is 0 Å². The molecule has 200 valence electrons. The summed E-state index contributed by atoms with van der Waals surface area (Å²) >= 11 is 0. The topological polar surface area (TPSA) is 204 Å². The van der Waals surface area contributed by atoms with Crippen LogP contribution in [0.3, 0.4) is 0 Å². The number of nitrogen functional groups attached to an aromatic ring is 1. The van der Waals surface area contributed by atoms with Crippen molar-refractivity contribution in [3.8, 4) is 5.75 Å². The number of azo groups is 1. The SMILES string of the molecule is NCCCC[C@H](N)C(=O)Nc1ccc(N=Nc2ccccc2OCOC(=O)N2CCCC2CO)c(N)n1. The molecule has 0 aliphatic carbocycles. The largest absolute Gasteiger partial charge is 0.455 e. The highest BCUT2D eigenvalue weighted by molar-refractivity contribution is 5.94. The Hall–Kier alpha value is -3.81. The lowest BCUT2D eigenvalue weighted by molar-refractivity contribution is -0.117. The molecule has 1 aliphatic rings. The summed E-state index contributed by atoms with van der Waals surface area (Å²) in [5.74, 6) is 0.303. The smallest absolute Gasteiger partial charge is 0.412 e. The number of unbranched alkanes of at least 4 members (excludes halogenated alkanes) is 1. The number of hydrogen-bond donors (Lipinski definition) is 5. The summed E-state index contributed by atoms with van der Waals surface area (Å²) in [5, 5.41) is 20.3. The van der Waals surface area contributed by atoms with E-state index in [0.717, 1.165) is 25.7 Å². The molecule has 1 aliphatic heterocycles. The molecule has 0 saturated carbocycles. The molecule has 13 nitrogen and oxygen atoms in total. The molecule has 2 amide bonds. The number of ether oxygens (including phenoxy) is 2. The van der Waals surface area contributed by atoms with Crippen LogP contribution in [0.15, 0.2) is 46.6 Å². The Morgan fingerprint density at radius 3 is 2.73 bits per heavy atom. The van der Waals surface area contributed by atoms with E-state index >= 15 is 0 Å². The Bertz CT molecular complexity index is 1080. The van der Waals surface area contributed by atoms with E-state index in [-0.39, 0.29) is 42.7 Å². The fraction of sp³-hybridized carbons (Fsp3) is 0.458. The van der Waals surface area contributed by atoms with E-state index in [0.29, 0.717) is 30.9 Å². The molecule has 1 saturated heterocycles. The molecular weight excluding hydrogens is 480 g/mol. The predicted molar refractivity (Wildman–Crippen MR) is 138 cm³/mol. The van der Waals surface area contributed by atoms with Crippen molar-refractivity contribution in [1.82, 2.24) is 9.88 Å². The van der Waals surface area contributed by atoms with E-state index in [4.69, 9.17) is 26.7 Å². The lowest BCUT2D eigenvalue weighted by Gasteiger charge is -2.22. The minimum atomic E-state index is -0.670. The third-order valence-corrected chi connectivity index (χ3v) is 5.81. The predicted octanol–water partition coefficient (Wildman–Crippen LogP) is 2.40. The average molecular weight is 515 g/mol. The molecule has 0 bridgehead atoms. The number of nitrogens with one attached hydrogen (secondary N) is 1. The lowest BCUT2D eigenvalue weighted by atomic mass is 10.1. The van der Waals surface area contributed by atoms with Crippen molar-refractivity contribution < 1.29 is 24.2 Å². The van der Waals surface area contributed by atoms with Crippen LogP contribution >= 0.6 is 0 Å². The quantitative estimate of drug-likeness (QED) is 0.160. The van der Waals surface area contributed by atoms with E-state index in [1.54, 1.807) is 36.4 Å². The van der Waals surface area contributed by atoms with Gasteiger partial charge in [0.1, 0.15) is 17.2 Å². The highest BCUT2D eigenvalue weighted by Gasteiger charge is 2.29. The van der Waals surface area contributed by atoms with E-state index in [9.17, 15) is 14.7 Å². The van der Waals surface area contributed by atoms with E-state index in [1.165, 1.54) is 4.90 Å². The van der Waals surface area contributed by atoms with E-state index in [1.807, 2.05) is 0 Å². The molecule has 1 aromatic carbocycles. The van der Waals surface area contributed by atoms with Gasteiger partial charge in [-0.3, -0.25) is 4.79 Å². The summed E-state index contributed by atoms with van der Waals surface area (Å²) in [7, 11) is 0. The van der Waals surface area contributed by atoms with Crippen molar-refractivity contribution in [2.24, 2.45) is 21.7 Å². The van der Waals surface area contributed by atoms with Crippen molar-refractivity contribution in [1.29, 1.82) is 0 Å². The van der Waals surface area contributed by atoms with Crippen LogP contribution in [0.4, 0.5) is 27.8 Å². The Morgan fingerprint density at radius 1 is 1.19 bits per heavy atom. The summed E-state index contributed by atoms with van der Waals surface area (Å²) < 4.78 is 10.8. The van der Waals surface area contributed by atoms with Gasteiger partial charge in [-0.2, -0.15) is 0 Å². The maximum atomic E-state index is 12.2. The normalized spacial score (nSPS) is 16.1. The minimum Gasteiger partial charge on any atom is -0.455 e. The molecule has 3 rings (SSSR count). The highest BCUT2D eigenvalue weighted by atomic mass is 16.7. The van der Waals surface area contributed by atoms with Crippen LogP contribution in [0.5, 0.6) is 5.75 Å². The van der Waals surface area contributed by atoms with E-state index in [2.05, 4.69) is 20.5 Å². The van der Waals surface area contributed by atoms with Crippen LogP contribution < -0.4 is 27.3 Å². The van der Waals surface area contributed by atoms with E-state index < -0.39 is 12.1 Å². The van der Waals surface area contributed by atoms with Crippen LogP contribution in [0.2, 0.25) is 0 Å². The molecule has 1 unspecified atom stereocenters. The number of rotatable bonds is 12. The number of likely N-dealkylation sites (tertiary alicyclic amines) is 1. The maximum Gasteiger partial charge on any atom is 0.412 e. The van der Waals surface area contributed by atoms with Gasteiger partial charge in [0.2, 0.25) is 12.7 Å². The summed E-state index contributed by atoms with van der Waals surface area (Å²) in [4.78, 5) is 30.1. The number of anilines is 2. The zero-order valence-electron chi connectivity index (χ0n) is 20.6. The van der Waals surface area contributed by atoms with Gasteiger partial charge < -0.3 is 42.0 Å². The first-order valence-electron chi connectivity index (χ1n) is 12.1. The summed E-state index contributed by atoms with van der Waals surface area (Å²) in [6, 6.07) is 9.04. The first-order chi connectivity index (χ1) is 17.9. The third-order valence-electron chi connectivity index (χ3n) is 5.81. The number of benzene rings is 1. The molecule has 2 heterocycles. The second kappa shape index (κ2) is 14.1. The molecule has 13 heteroatoms. The number of hydrogen-bond acceptors (Lipinski definition) is 11. The lowest BCUT2D eigenvalue weighted by Crippen LogP contribution is -2.38. The number of carbonyl (C=O) groups is 2. The number of para-hydroxylation sites is 1. The average Bonchev–Trinajstić information content (AvgIpc) is 3.38. The van der Waals surface area contributed by atoms with Gasteiger partial charge in [-0.1, -0.05) is 18.6 Å². The Morgan fingerprint density at radius 2 is 1.97 bits per heavy atom. The van der Waals surface area contributed by atoms with Gasteiger partial charge in [0.15, 0.2) is 11.6 Å². The Labute approximate surface area is 215 Å². The zero-order chi connectivity index (χ0) is 26.6. The zero-order valence-corrected chi connectivity index (χ0v) is 20.6. The van der Waals surface area contributed by atoms with Crippen LogP contribution in [0, 0.1) is 0 Å². The first kappa shape index (κ1) is 27.8. The van der Waals surface area contributed by atoms with Crippen molar-refractivity contribution in [2.45, 2.75) is 44.2 Å². The minimum absolute atomic E-state index is 0.0645. The maximum absolute atomic E-state index is 12.2. The molecule has 0 spiro atoms. The number of carbonyl (C=O) groups excluding carboxylic acids is 2. The van der Waals surface area contributed by atoms with Gasteiger partial charge in [-0.15, -0.1) is 10.2 Å². The Kier molecular flexibility index (Phi) is 10.6. The fourth-order valence-corrected chi connectivity index (χ4v) is 3.74. The van der Waals surface area contributed by atoms with Gasteiger partial charge in [-0.25, -0.2) is 9.78 Å². The van der Waals surface area contributed by atoms with Crippen LogP contribution in [-0.2, 0) is 9.53 Å². The van der Waals surface area contributed by atoms with Crippen molar-refractivity contribution in [2.75, 3.05) is 37.5 Å². The van der Waals surface area contributed by atoms with Crippen LogP contribution in [0.1, 0.15) is 32.1 Å². The van der Waals surface area contributed by atoms with Crippen molar-refractivity contribution in [3.63, 3.8) is 0 Å². The number of pyridine rings is 1. The standard InChI is InChI=1S/C24H34N8O5/c25-12-4-3-7-17(26)23(34)29-21-11-10-19(22(27)28-21)31-30-18-8-1-2-9-20(18)36-15-37-24(35)32-13-5-6-16(32)14-33/h1-2,8-11,16-17,33H,3-7,12-15,25-26H2,(H3,27,28,29,34)/t16?,17-/m0/s1. The fourth-order valence-electron chi connectivity index (χ4n) is 3.74. The molecule has 2 aromatic rings. The number of nitrogens with zero attached hydrogens (tertiary/aromatic N) is 4. The molecule has 1 fully saturated rings. The molecule has 2 atom stereocenters. The third kappa shape index (κ3) is 8.10. The monoisotopic (exact) mass is 514 g/mol. The number of nitrogens with two attached hydrogens (primary N) is 3. The highest BCUT2D eigenvalue weighted by Crippen LogP contribution is 2.30. The molecule has 1 aromatic heterocycles. The van der Waals surface area contributed by atoms with Gasteiger partial charge in [0.05, 0.1) is 18.7 Å². The van der Waals surface area contributed by atoms with Gasteiger partial charge in [0, 0.05) is 6.54 Å². The van der Waals surface area contributed by atoms with Crippen molar-refractivity contribution >= 4 is 35.0 Å².